The van der Waals surface area contributed by atoms with Gasteiger partial charge in [0, 0.05) is 28.9 Å². The zero-order chi connectivity index (χ0) is 13.3. The molecule has 0 N–H and O–H groups in total. The Bertz CT molecular complexity index is 571. The van der Waals surface area contributed by atoms with Crippen LogP contribution < -0.4 is 4.90 Å². The van der Waals surface area contributed by atoms with Gasteiger partial charge in [-0.25, -0.2) is 8.42 Å². The number of anilines is 1. The number of nitrogens with zero attached hydrogens (tertiary/aromatic N) is 1. The van der Waals surface area contributed by atoms with Crippen molar-refractivity contribution in [2.45, 2.75) is 13.0 Å². The lowest BCUT2D eigenvalue weighted by Gasteiger charge is -2.35. The zero-order valence-corrected chi connectivity index (χ0v) is 11.5. The molecular formula is C12H14ClNO3S. The minimum atomic E-state index is -2.96. The van der Waals surface area contributed by atoms with Crippen molar-refractivity contribution in [3.8, 4) is 0 Å². The van der Waals surface area contributed by atoms with E-state index in [-0.39, 0.29) is 17.5 Å². The van der Waals surface area contributed by atoms with Crippen LogP contribution in [0.4, 0.5) is 5.69 Å². The molecule has 0 aliphatic carbocycles. The van der Waals surface area contributed by atoms with Gasteiger partial charge in [0.2, 0.25) is 0 Å². The number of hydrogen-bond acceptors (Lipinski definition) is 4. The zero-order valence-electron chi connectivity index (χ0n) is 9.97. The van der Waals surface area contributed by atoms with E-state index in [9.17, 15) is 13.2 Å². The Morgan fingerprint density at radius 2 is 2.17 bits per heavy atom. The van der Waals surface area contributed by atoms with E-state index in [2.05, 4.69) is 0 Å². The van der Waals surface area contributed by atoms with Crippen LogP contribution in [0.1, 0.15) is 17.3 Å². The van der Waals surface area contributed by atoms with Gasteiger partial charge in [0.25, 0.3) is 0 Å². The molecule has 0 amide bonds. The van der Waals surface area contributed by atoms with Crippen LogP contribution in [0.3, 0.4) is 0 Å². The van der Waals surface area contributed by atoms with Gasteiger partial charge >= 0.3 is 0 Å². The maximum Gasteiger partial charge on any atom is 0.154 e. The Morgan fingerprint density at radius 1 is 1.44 bits per heavy atom. The van der Waals surface area contributed by atoms with E-state index in [4.69, 9.17) is 11.6 Å². The third kappa shape index (κ3) is 2.67. The van der Waals surface area contributed by atoms with Crippen LogP contribution in [-0.4, -0.2) is 38.8 Å². The van der Waals surface area contributed by atoms with Crippen LogP contribution in [0.2, 0.25) is 5.02 Å². The largest absolute Gasteiger partial charge is 0.366 e. The lowest BCUT2D eigenvalue weighted by atomic mass is 10.1. The monoisotopic (exact) mass is 287 g/mol. The van der Waals surface area contributed by atoms with Crippen LogP contribution in [0.25, 0.3) is 0 Å². The number of hydrogen-bond donors (Lipinski definition) is 0. The summed E-state index contributed by atoms with van der Waals surface area (Å²) in [5.74, 6) is 0.242. The van der Waals surface area contributed by atoms with Gasteiger partial charge in [-0.15, -0.1) is 0 Å². The molecule has 0 radical (unpaired) electrons. The highest BCUT2D eigenvalue weighted by Crippen LogP contribution is 2.27. The quantitative estimate of drug-likeness (QED) is 0.778. The highest BCUT2D eigenvalue weighted by atomic mass is 35.5. The Labute approximate surface area is 111 Å². The normalized spacial score (nSPS) is 22.8. The second-order valence-corrected chi connectivity index (χ2v) is 7.14. The summed E-state index contributed by atoms with van der Waals surface area (Å²) in [7, 11) is -2.96. The molecule has 18 heavy (non-hydrogen) atoms. The molecule has 6 heteroatoms. The maximum atomic E-state index is 11.5. The van der Waals surface area contributed by atoms with Crippen molar-refractivity contribution in [3.63, 3.8) is 0 Å². The van der Waals surface area contributed by atoms with E-state index in [1.165, 1.54) is 0 Å². The minimum absolute atomic E-state index is 0.119. The van der Waals surface area contributed by atoms with E-state index >= 15 is 0 Å². The van der Waals surface area contributed by atoms with E-state index in [1.54, 1.807) is 18.2 Å². The second kappa shape index (κ2) is 4.90. The fourth-order valence-electron chi connectivity index (χ4n) is 2.24. The summed E-state index contributed by atoms with van der Waals surface area (Å²) in [5, 5.41) is 0.498. The number of aldehydes is 1. The standard InChI is InChI=1S/C12H14ClNO3S/c1-9-8-18(16,17)5-4-14(9)12-3-2-11(13)6-10(12)7-15/h2-3,6-7,9H,4-5,8H2,1H3. The number of halogens is 1. The molecule has 0 bridgehead atoms. The van der Waals surface area contributed by atoms with Crippen LogP contribution in [0.15, 0.2) is 18.2 Å². The van der Waals surface area contributed by atoms with Gasteiger partial charge in [-0.3, -0.25) is 4.79 Å². The van der Waals surface area contributed by atoms with Gasteiger partial charge < -0.3 is 4.90 Å². The Morgan fingerprint density at radius 3 is 2.78 bits per heavy atom. The number of rotatable bonds is 2. The first-order valence-corrected chi connectivity index (χ1v) is 7.85. The topological polar surface area (TPSA) is 54.5 Å². The van der Waals surface area contributed by atoms with Crippen LogP contribution >= 0.6 is 11.6 Å². The van der Waals surface area contributed by atoms with Gasteiger partial charge in [0.1, 0.15) is 0 Å². The van der Waals surface area contributed by atoms with Gasteiger partial charge in [-0.1, -0.05) is 11.6 Å². The predicted octanol–water partition coefficient (Wildman–Crippen LogP) is 1.78. The minimum Gasteiger partial charge on any atom is -0.366 e. The van der Waals surface area contributed by atoms with Crippen molar-refractivity contribution in [1.29, 1.82) is 0 Å². The Balaban J connectivity index is 2.35. The summed E-state index contributed by atoms with van der Waals surface area (Å²) in [4.78, 5) is 13.0. The number of benzene rings is 1. The molecule has 1 fully saturated rings. The average molecular weight is 288 g/mol. The molecule has 1 heterocycles. The average Bonchev–Trinajstić information content (AvgIpc) is 2.29. The second-order valence-electron chi connectivity index (χ2n) is 4.48. The molecule has 0 aromatic heterocycles. The first-order valence-electron chi connectivity index (χ1n) is 5.65. The van der Waals surface area contributed by atoms with Crippen molar-refractivity contribution < 1.29 is 13.2 Å². The van der Waals surface area contributed by atoms with Gasteiger partial charge in [-0.2, -0.15) is 0 Å². The number of carbonyl (C=O) groups is 1. The van der Waals surface area contributed by atoms with Gasteiger partial charge in [0.15, 0.2) is 16.1 Å². The van der Waals surface area contributed by atoms with E-state index in [0.29, 0.717) is 17.1 Å². The molecule has 1 atom stereocenters. The fraction of sp³-hybridized carbons (Fsp3) is 0.417. The first kappa shape index (κ1) is 13.4. The lowest BCUT2D eigenvalue weighted by molar-refractivity contribution is 0.112. The van der Waals surface area contributed by atoms with Crippen LogP contribution in [0.5, 0.6) is 0 Å². The van der Waals surface area contributed by atoms with Gasteiger partial charge in [0.05, 0.1) is 11.5 Å². The third-order valence-corrected chi connectivity index (χ3v) is 5.13. The van der Waals surface area contributed by atoms with Crippen molar-refractivity contribution >= 4 is 33.4 Å². The third-order valence-electron chi connectivity index (χ3n) is 3.10. The van der Waals surface area contributed by atoms with Crippen LogP contribution in [-0.2, 0) is 9.84 Å². The molecule has 4 nitrogen and oxygen atoms in total. The van der Waals surface area contributed by atoms with Crippen molar-refractivity contribution in [3.05, 3.63) is 28.8 Å². The highest BCUT2D eigenvalue weighted by Gasteiger charge is 2.29. The summed E-state index contributed by atoms with van der Waals surface area (Å²) in [6, 6.07) is 4.93. The molecule has 98 valence electrons. The number of sulfone groups is 1. The molecule has 0 saturated carbocycles. The molecule has 1 aliphatic rings. The van der Waals surface area contributed by atoms with E-state index in [0.717, 1.165) is 12.0 Å². The van der Waals surface area contributed by atoms with E-state index in [1.807, 2.05) is 11.8 Å². The molecule has 1 unspecified atom stereocenters. The van der Waals surface area contributed by atoms with Crippen molar-refractivity contribution in [2.24, 2.45) is 0 Å². The molecule has 0 spiro atoms. The summed E-state index contributed by atoms with van der Waals surface area (Å²) in [6.07, 6.45) is 0.747. The van der Waals surface area contributed by atoms with E-state index < -0.39 is 9.84 Å². The van der Waals surface area contributed by atoms with Crippen molar-refractivity contribution in [1.82, 2.24) is 0 Å². The van der Waals surface area contributed by atoms with Gasteiger partial charge in [-0.05, 0) is 25.1 Å². The lowest BCUT2D eigenvalue weighted by Crippen LogP contribution is -2.47. The predicted molar refractivity (Wildman–Crippen MR) is 72.3 cm³/mol. The molecular weight excluding hydrogens is 274 g/mol. The fourth-order valence-corrected chi connectivity index (χ4v) is 3.97. The number of carbonyl (C=O) groups excluding carboxylic acids is 1. The Hall–Kier alpha value is -1.07. The summed E-state index contributed by atoms with van der Waals surface area (Å²) in [6.45, 7) is 2.26. The molecule has 1 aromatic rings. The Kier molecular flexibility index (Phi) is 3.64. The highest BCUT2D eigenvalue weighted by molar-refractivity contribution is 7.91. The van der Waals surface area contributed by atoms with Crippen LogP contribution in [0, 0.1) is 0 Å². The first-order chi connectivity index (χ1) is 8.43. The smallest absolute Gasteiger partial charge is 0.154 e. The summed E-state index contributed by atoms with van der Waals surface area (Å²) < 4.78 is 23.1. The summed E-state index contributed by atoms with van der Waals surface area (Å²) in [5.41, 5.74) is 1.24. The molecule has 1 aromatic carbocycles. The molecule has 1 saturated heterocycles. The molecule has 2 rings (SSSR count). The maximum absolute atomic E-state index is 11.5. The SMILES string of the molecule is CC1CS(=O)(=O)CCN1c1ccc(Cl)cc1C=O. The summed E-state index contributed by atoms with van der Waals surface area (Å²) >= 11 is 5.84. The molecule has 1 aliphatic heterocycles. The van der Waals surface area contributed by atoms with Crippen molar-refractivity contribution in [2.75, 3.05) is 23.0 Å².